The average Bonchev–Trinajstić information content (AvgIpc) is 2.99. The minimum Gasteiger partial charge on any atom is -0.337 e. The fraction of sp³-hybridized carbons (Fsp3) is 0.500. The van der Waals surface area contributed by atoms with Gasteiger partial charge in [0.1, 0.15) is 11.9 Å². The summed E-state index contributed by atoms with van der Waals surface area (Å²) in [6.45, 7) is 2.88. The molecule has 1 aliphatic heterocycles. The molecule has 6 heteroatoms. The molecule has 0 spiro atoms. The van der Waals surface area contributed by atoms with Gasteiger partial charge in [-0.15, -0.1) is 0 Å². The number of carbonyl (C=O) groups is 1. The summed E-state index contributed by atoms with van der Waals surface area (Å²) in [6.07, 6.45) is 3.31. The van der Waals surface area contributed by atoms with E-state index in [1.165, 1.54) is 12.1 Å². The minimum absolute atomic E-state index is 0.0974. The zero-order valence-corrected chi connectivity index (χ0v) is 13.6. The smallest absolute Gasteiger partial charge is 0.249 e. The van der Waals surface area contributed by atoms with Crippen molar-refractivity contribution in [2.24, 2.45) is 11.8 Å². The molecule has 0 unspecified atom stereocenters. The lowest BCUT2D eigenvalue weighted by Crippen LogP contribution is -2.32. The van der Waals surface area contributed by atoms with Crippen molar-refractivity contribution in [3.8, 4) is 0 Å². The molecular formula is C18H20FN3O2. The lowest BCUT2D eigenvalue weighted by molar-refractivity contribution is -0.134. The second kappa shape index (κ2) is 6.00. The molecule has 2 aliphatic rings. The number of halogens is 1. The predicted molar refractivity (Wildman–Crippen MR) is 84.5 cm³/mol. The third-order valence-electron chi connectivity index (χ3n) is 5.01. The summed E-state index contributed by atoms with van der Waals surface area (Å²) in [6, 6.07) is 6.17. The molecule has 1 aliphatic carbocycles. The Bertz CT molecular complexity index is 743. The van der Waals surface area contributed by atoms with Crippen molar-refractivity contribution in [1.29, 1.82) is 0 Å². The fourth-order valence-electron chi connectivity index (χ4n) is 3.43. The van der Waals surface area contributed by atoms with Crippen molar-refractivity contribution in [1.82, 2.24) is 15.0 Å². The average molecular weight is 329 g/mol. The fourth-order valence-corrected chi connectivity index (χ4v) is 3.43. The molecule has 3 atom stereocenters. The SMILES string of the molecule is C[C@@H]1C[C@H]1C(=O)N1CCC[C@H]1c1nc(Cc2ccc(F)cc2)no1. The first-order valence-corrected chi connectivity index (χ1v) is 8.49. The molecule has 0 bridgehead atoms. The molecule has 2 aromatic rings. The number of rotatable bonds is 4. The molecule has 4 rings (SSSR count). The number of likely N-dealkylation sites (tertiary alicyclic amines) is 1. The van der Waals surface area contributed by atoms with E-state index in [1.807, 2.05) is 4.90 Å². The quantitative estimate of drug-likeness (QED) is 0.865. The van der Waals surface area contributed by atoms with Gasteiger partial charge in [-0.3, -0.25) is 4.79 Å². The number of amides is 1. The molecule has 1 saturated heterocycles. The predicted octanol–water partition coefficient (Wildman–Crippen LogP) is 3.12. The van der Waals surface area contributed by atoms with Gasteiger partial charge < -0.3 is 9.42 Å². The molecule has 5 nitrogen and oxygen atoms in total. The van der Waals surface area contributed by atoms with Crippen LogP contribution in [0.3, 0.4) is 0 Å². The van der Waals surface area contributed by atoms with E-state index in [-0.39, 0.29) is 23.7 Å². The maximum absolute atomic E-state index is 13.0. The van der Waals surface area contributed by atoms with Crippen LogP contribution in [0, 0.1) is 17.7 Å². The van der Waals surface area contributed by atoms with Gasteiger partial charge >= 0.3 is 0 Å². The van der Waals surface area contributed by atoms with Crippen LogP contribution >= 0.6 is 0 Å². The standard InChI is InChI=1S/C18H20FN3O2/c1-11-9-14(11)18(23)22-8-2-3-15(22)17-20-16(21-24-17)10-12-4-6-13(19)7-5-12/h4-7,11,14-15H,2-3,8-10H2,1H3/t11-,14-,15+/m1/s1. The Kier molecular flexibility index (Phi) is 3.82. The van der Waals surface area contributed by atoms with Crippen LogP contribution in [0.25, 0.3) is 0 Å². The number of hydrogen-bond acceptors (Lipinski definition) is 4. The highest BCUT2D eigenvalue weighted by atomic mass is 19.1. The summed E-state index contributed by atoms with van der Waals surface area (Å²) in [7, 11) is 0. The van der Waals surface area contributed by atoms with Gasteiger partial charge in [0, 0.05) is 18.9 Å². The van der Waals surface area contributed by atoms with E-state index in [4.69, 9.17) is 4.52 Å². The number of aromatic nitrogens is 2. The Morgan fingerprint density at radius 3 is 2.83 bits per heavy atom. The molecular weight excluding hydrogens is 309 g/mol. The highest BCUT2D eigenvalue weighted by molar-refractivity contribution is 5.82. The van der Waals surface area contributed by atoms with E-state index in [0.29, 0.717) is 24.1 Å². The lowest BCUT2D eigenvalue weighted by atomic mass is 10.1. The van der Waals surface area contributed by atoms with Crippen LogP contribution in [0.4, 0.5) is 4.39 Å². The highest BCUT2D eigenvalue weighted by Gasteiger charge is 2.45. The highest BCUT2D eigenvalue weighted by Crippen LogP contribution is 2.42. The molecule has 126 valence electrons. The molecule has 0 N–H and O–H groups in total. The van der Waals surface area contributed by atoms with Crippen LogP contribution in [0.5, 0.6) is 0 Å². The van der Waals surface area contributed by atoms with Gasteiger partial charge in [-0.1, -0.05) is 24.2 Å². The normalized spacial score (nSPS) is 25.9. The third-order valence-corrected chi connectivity index (χ3v) is 5.01. The van der Waals surface area contributed by atoms with E-state index in [9.17, 15) is 9.18 Å². The van der Waals surface area contributed by atoms with Gasteiger partial charge in [0.05, 0.1) is 0 Å². The molecule has 1 saturated carbocycles. The van der Waals surface area contributed by atoms with Crippen LogP contribution in [0.2, 0.25) is 0 Å². The van der Waals surface area contributed by atoms with Crippen molar-refractivity contribution < 1.29 is 13.7 Å². The van der Waals surface area contributed by atoms with E-state index < -0.39 is 0 Å². The summed E-state index contributed by atoms with van der Waals surface area (Å²) < 4.78 is 18.4. The first kappa shape index (κ1) is 15.3. The Morgan fingerprint density at radius 1 is 1.38 bits per heavy atom. The maximum atomic E-state index is 13.0. The molecule has 2 fully saturated rings. The van der Waals surface area contributed by atoms with Crippen LogP contribution in [-0.2, 0) is 11.2 Å². The van der Waals surface area contributed by atoms with Gasteiger partial charge in [0.2, 0.25) is 11.8 Å². The summed E-state index contributed by atoms with van der Waals surface area (Å²) in [5.74, 6) is 1.72. The van der Waals surface area contributed by atoms with Gasteiger partial charge in [-0.25, -0.2) is 4.39 Å². The minimum atomic E-state index is -0.262. The molecule has 0 radical (unpaired) electrons. The van der Waals surface area contributed by atoms with Crippen molar-refractivity contribution in [3.05, 3.63) is 47.4 Å². The summed E-state index contributed by atoms with van der Waals surface area (Å²) in [5.41, 5.74) is 0.926. The first-order valence-electron chi connectivity index (χ1n) is 8.49. The van der Waals surface area contributed by atoms with E-state index >= 15 is 0 Å². The van der Waals surface area contributed by atoms with Gasteiger partial charge in [-0.2, -0.15) is 4.98 Å². The summed E-state index contributed by atoms with van der Waals surface area (Å²) in [5, 5.41) is 4.03. The maximum Gasteiger partial charge on any atom is 0.249 e. The van der Waals surface area contributed by atoms with Crippen LogP contribution in [0.15, 0.2) is 28.8 Å². The Balaban J connectivity index is 1.47. The molecule has 1 aromatic heterocycles. The van der Waals surface area contributed by atoms with Crippen molar-refractivity contribution >= 4 is 5.91 Å². The molecule has 1 amide bonds. The summed E-state index contributed by atoms with van der Waals surface area (Å²) >= 11 is 0. The van der Waals surface area contributed by atoms with Crippen molar-refractivity contribution in [2.75, 3.05) is 6.54 Å². The van der Waals surface area contributed by atoms with Crippen LogP contribution < -0.4 is 0 Å². The molecule has 24 heavy (non-hydrogen) atoms. The second-order valence-electron chi connectivity index (χ2n) is 6.86. The number of nitrogens with zero attached hydrogens (tertiary/aromatic N) is 3. The Morgan fingerprint density at radius 2 is 2.12 bits per heavy atom. The third kappa shape index (κ3) is 2.92. The van der Waals surface area contributed by atoms with Crippen molar-refractivity contribution in [3.63, 3.8) is 0 Å². The number of hydrogen-bond donors (Lipinski definition) is 0. The first-order chi connectivity index (χ1) is 11.6. The lowest BCUT2D eigenvalue weighted by Gasteiger charge is -2.21. The monoisotopic (exact) mass is 329 g/mol. The Hall–Kier alpha value is -2.24. The molecule has 2 heterocycles. The van der Waals surface area contributed by atoms with E-state index in [1.54, 1.807) is 12.1 Å². The van der Waals surface area contributed by atoms with Crippen molar-refractivity contribution in [2.45, 2.75) is 38.6 Å². The second-order valence-corrected chi connectivity index (χ2v) is 6.86. The van der Waals surface area contributed by atoms with Gasteiger partial charge in [0.25, 0.3) is 0 Å². The zero-order chi connectivity index (χ0) is 16.7. The van der Waals surface area contributed by atoms with Crippen LogP contribution in [0.1, 0.15) is 49.5 Å². The largest absolute Gasteiger partial charge is 0.337 e. The van der Waals surface area contributed by atoms with E-state index in [0.717, 1.165) is 31.4 Å². The van der Waals surface area contributed by atoms with Crippen LogP contribution in [-0.4, -0.2) is 27.5 Å². The Labute approximate surface area is 139 Å². The van der Waals surface area contributed by atoms with Gasteiger partial charge in [-0.05, 0) is 42.9 Å². The van der Waals surface area contributed by atoms with E-state index in [2.05, 4.69) is 17.1 Å². The number of carbonyl (C=O) groups excluding carboxylic acids is 1. The zero-order valence-electron chi connectivity index (χ0n) is 13.6. The summed E-state index contributed by atoms with van der Waals surface area (Å²) in [4.78, 5) is 18.9. The molecule has 1 aromatic carbocycles. The van der Waals surface area contributed by atoms with Gasteiger partial charge in [0.15, 0.2) is 5.82 Å². The topological polar surface area (TPSA) is 59.2 Å². The number of benzene rings is 1.